The summed E-state index contributed by atoms with van der Waals surface area (Å²) in [6, 6.07) is 14.8. The van der Waals surface area contributed by atoms with Crippen molar-refractivity contribution < 1.29 is 5.11 Å². The fourth-order valence-electron chi connectivity index (χ4n) is 3.93. The predicted molar refractivity (Wildman–Crippen MR) is 119 cm³/mol. The third-order valence-corrected chi connectivity index (χ3v) is 5.79. The zero-order valence-corrected chi connectivity index (χ0v) is 17.4. The van der Waals surface area contributed by atoms with Crippen LogP contribution < -0.4 is 4.90 Å². The van der Waals surface area contributed by atoms with Crippen LogP contribution in [0.1, 0.15) is 25.8 Å². The summed E-state index contributed by atoms with van der Waals surface area (Å²) in [6.07, 6.45) is 3.26. The van der Waals surface area contributed by atoms with Crippen molar-refractivity contribution in [2.45, 2.75) is 32.8 Å². The van der Waals surface area contributed by atoms with Gasteiger partial charge in [0.2, 0.25) is 0 Å². The van der Waals surface area contributed by atoms with Gasteiger partial charge in [0.05, 0.1) is 11.8 Å². The second kappa shape index (κ2) is 8.89. The first-order valence-corrected chi connectivity index (χ1v) is 10.6. The summed E-state index contributed by atoms with van der Waals surface area (Å²) in [4.78, 5) is 14.5. The number of rotatable bonds is 6. The van der Waals surface area contributed by atoms with Crippen LogP contribution in [0.4, 0.5) is 5.82 Å². The average molecular weight is 391 g/mol. The van der Waals surface area contributed by atoms with Crippen molar-refractivity contribution in [1.29, 1.82) is 0 Å². The molecule has 1 fully saturated rings. The van der Waals surface area contributed by atoms with E-state index in [1.54, 1.807) is 0 Å². The number of hydrogen-bond acceptors (Lipinski definition) is 5. The average Bonchev–Trinajstić information content (AvgIpc) is 2.77. The van der Waals surface area contributed by atoms with E-state index < -0.39 is 0 Å². The number of nitrogens with zero attached hydrogens (tertiary/aromatic N) is 4. The molecule has 5 heteroatoms. The second-order valence-corrected chi connectivity index (χ2v) is 7.91. The molecule has 0 spiro atoms. The predicted octanol–water partition coefficient (Wildman–Crippen LogP) is 3.75. The van der Waals surface area contributed by atoms with Crippen LogP contribution in [0.25, 0.3) is 22.2 Å². The summed E-state index contributed by atoms with van der Waals surface area (Å²) in [5.41, 5.74) is 4.33. The number of aryl methyl sites for hydroxylation is 1. The standard InChI is InChI=1S/C24H30N4O/c1-3-27-13-15-28(16-14-27)24-23-21(5-4-12-25-23)17-22(26-24)20-10-8-19(9-11-20)7-6-18(2)29/h4-5,8-12,17-18,29H,3,6-7,13-16H2,1-2H3. The number of hydrogen-bond donors (Lipinski definition) is 1. The number of fused-ring (bicyclic) bond motifs is 1. The van der Waals surface area contributed by atoms with Gasteiger partial charge >= 0.3 is 0 Å². The molecule has 5 nitrogen and oxygen atoms in total. The highest BCUT2D eigenvalue weighted by Crippen LogP contribution is 2.29. The van der Waals surface area contributed by atoms with Crippen molar-refractivity contribution in [3.63, 3.8) is 0 Å². The molecule has 152 valence electrons. The summed E-state index contributed by atoms with van der Waals surface area (Å²) >= 11 is 0. The van der Waals surface area contributed by atoms with Crippen LogP contribution in [0, 0.1) is 0 Å². The number of likely N-dealkylation sites (N-methyl/N-ethyl adjacent to an activating group) is 1. The Hall–Kier alpha value is -2.50. The van der Waals surface area contributed by atoms with E-state index in [9.17, 15) is 5.11 Å². The Kier molecular flexibility index (Phi) is 6.07. The second-order valence-electron chi connectivity index (χ2n) is 7.91. The number of pyridine rings is 2. The molecule has 3 aromatic rings. The summed E-state index contributed by atoms with van der Waals surface area (Å²) in [7, 11) is 0. The molecule has 1 saturated heterocycles. The Bertz CT molecular complexity index is 947. The van der Waals surface area contributed by atoms with Crippen LogP contribution in [0.15, 0.2) is 48.7 Å². The lowest BCUT2D eigenvalue weighted by Gasteiger charge is -2.35. The van der Waals surface area contributed by atoms with Crippen molar-refractivity contribution in [3.8, 4) is 11.3 Å². The normalized spacial score (nSPS) is 16.3. The molecule has 2 aromatic heterocycles. The van der Waals surface area contributed by atoms with Crippen LogP contribution in [0.5, 0.6) is 0 Å². The molecule has 0 bridgehead atoms. The number of anilines is 1. The highest BCUT2D eigenvalue weighted by molar-refractivity contribution is 5.91. The molecular formula is C24H30N4O. The Labute approximate surface area is 173 Å². The molecule has 0 amide bonds. The van der Waals surface area contributed by atoms with Gasteiger partial charge < -0.3 is 14.9 Å². The zero-order chi connectivity index (χ0) is 20.2. The molecule has 4 rings (SSSR count). The van der Waals surface area contributed by atoms with E-state index in [1.165, 1.54) is 5.56 Å². The van der Waals surface area contributed by atoms with E-state index in [0.717, 1.165) is 73.5 Å². The number of aliphatic hydroxyl groups is 1. The smallest absolute Gasteiger partial charge is 0.155 e. The minimum absolute atomic E-state index is 0.264. The van der Waals surface area contributed by atoms with Crippen molar-refractivity contribution in [2.24, 2.45) is 0 Å². The van der Waals surface area contributed by atoms with Crippen molar-refractivity contribution in [1.82, 2.24) is 14.9 Å². The molecule has 1 unspecified atom stereocenters. The minimum atomic E-state index is -0.264. The molecule has 1 N–H and O–H groups in total. The number of aliphatic hydroxyl groups excluding tert-OH is 1. The molecule has 0 aliphatic carbocycles. The van der Waals surface area contributed by atoms with E-state index in [1.807, 2.05) is 19.2 Å². The lowest BCUT2D eigenvalue weighted by molar-refractivity contribution is 0.185. The molecule has 0 radical (unpaired) electrons. The quantitative estimate of drug-likeness (QED) is 0.695. The molecule has 3 heterocycles. The highest BCUT2D eigenvalue weighted by Gasteiger charge is 2.20. The summed E-state index contributed by atoms with van der Waals surface area (Å²) in [5, 5.41) is 10.6. The van der Waals surface area contributed by atoms with Gasteiger partial charge in [-0.15, -0.1) is 0 Å². The third-order valence-electron chi connectivity index (χ3n) is 5.79. The first-order chi connectivity index (χ1) is 14.1. The SMILES string of the molecule is CCN1CCN(c2nc(-c3ccc(CCC(C)O)cc3)cc3cccnc23)CC1. The van der Waals surface area contributed by atoms with Gasteiger partial charge in [-0.05, 0) is 44.0 Å². The Balaban J connectivity index is 1.65. The van der Waals surface area contributed by atoms with Gasteiger partial charge in [-0.25, -0.2) is 4.98 Å². The van der Waals surface area contributed by atoms with E-state index in [2.05, 4.69) is 58.1 Å². The van der Waals surface area contributed by atoms with E-state index in [-0.39, 0.29) is 6.10 Å². The zero-order valence-electron chi connectivity index (χ0n) is 17.4. The molecule has 1 aliphatic rings. The van der Waals surface area contributed by atoms with Gasteiger partial charge in [0.1, 0.15) is 5.52 Å². The largest absolute Gasteiger partial charge is 0.393 e. The van der Waals surface area contributed by atoms with Gasteiger partial charge in [-0.1, -0.05) is 37.3 Å². The van der Waals surface area contributed by atoms with Crippen LogP contribution in [-0.2, 0) is 6.42 Å². The van der Waals surface area contributed by atoms with Gasteiger partial charge in [-0.3, -0.25) is 4.98 Å². The summed E-state index contributed by atoms with van der Waals surface area (Å²) in [6.45, 7) is 9.24. The fourth-order valence-corrected chi connectivity index (χ4v) is 3.93. The monoisotopic (exact) mass is 390 g/mol. The topological polar surface area (TPSA) is 52.5 Å². The highest BCUT2D eigenvalue weighted by atomic mass is 16.3. The maximum Gasteiger partial charge on any atom is 0.155 e. The molecule has 1 aromatic carbocycles. The van der Waals surface area contributed by atoms with E-state index in [4.69, 9.17) is 4.98 Å². The molecule has 1 atom stereocenters. The lowest BCUT2D eigenvalue weighted by atomic mass is 10.0. The molecular weight excluding hydrogens is 360 g/mol. The first-order valence-electron chi connectivity index (χ1n) is 10.6. The first kappa shape index (κ1) is 19.8. The van der Waals surface area contributed by atoms with Gasteiger partial charge in [-0.2, -0.15) is 0 Å². The number of piperazine rings is 1. The molecule has 1 aliphatic heterocycles. The number of aromatic nitrogens is 2. The number of benzene rings is 1. The van der Waals surface area contributed by atoms with Crippen molar-refractivity contribution >= 4 is 16.7 Å². The third kappa shape index (κ3) is 4.57. The van der Waals surface area contributed by atoms with E-state index in [0.29, 0.717) is 0 Å². The lowest BCUT2D eigenvalue weighted by Crippen LogP contribution is -2.46. The van der Waals surface area contributed by atoms with Crippen molar-refractivity contribution in [3.05, 3.63) is 54.2 Å². The minimum Gasteiger partial charge on any atom is -0.393 e. The van der Waals surface area contributed by atoms with Crippen LogP contribution in [-0.4, -0.2) is 58.8 Å². The summed E-state index contributed by atoms with van der Waals surface area (Å²) in [5.74, 6) is 0.993. The van der Waals surface area contributed by atoms with Gasteiger partial charge in [0.15, 0.2) is 5.82 Å². The Morgan fingerprint density at radius 3 is 2.52 bits per heavy atom. The maximum absolute atomic E-state index is 9.51. The fraction of sp³-hybridized carbons (Fsp3) is 0.417. The van der Waals surface area contributed by atoms with E-state index >= 15 is 0 Å². The van der Waals surface area contributed by atoms with Gasteiger partial charge in [0, 0.05) is 43.3 Å². The Morgan fingerprint density at radius 2 is 1.83 bits per heavy atom. The molecule has 0 saturated carbocycles. The maximum atomic E-state index is 9.51. The molecule has 29 heavy (non-hydrogen) atoms. The Morgan fingerprint density at radius 1 is 1.07 bits per heavy atom. The summed E-state index contributed by atoms with van der Waals surface area (Å²) < 4.78 is 0. The van der Waals surface area contributed by atoms with Crippen LogP contribution in [0.2, 0.25) is 0 Å². The van der Waals surface area contributed by atoms with Crippen LogP contribution in [0.3, 0.4) is 0 Å². The van der Waals surface area contributed by atoms with Gasteiger partial charge in [0.25, 0.3) is 0 Å². The van der Waals surface area contributed by atoms with Crippen LogP contribution >= 0.6 is 0 Å². The van der Waals surface area contributed by atoms with Crippen molar-refractivity contribution in [2.75, 3.05) is 37.6 Å².